The number of halogens is 2. The predicted octanol–water partition coefficient (Wildman–Crippen LogP) is 3.62. The third kappa shape index (κ3) is 6.99. The molecule has 4 nitrogen and oxygen atoms in total. The van der Waals surface area contributed by atoms with Gasteiger partial charge in [-0.25, -0.2) is 0 Å². The molecule has 1 aliphatic rings. The van der Waals surface area contributed by atoms with Gasteiger partial charge in [-0.2, -0.15) is 0 Å². The molecule has 1 amide bonds. The summed E-state index contributed by atoms with van der Waals surface area (Å²) >= 11 is 13.6. The maximum absolute atomic E-state index is 12.2. The first kappa shape index (κ1) is 20.8. The maximum atomic E-state index is 12.2. The van der Waals surface area contributed by atoms with E-state index in [2.05, 4.69) is 22.0 Å². The van der Waals surface area contributed by atoms with E-state index in [1.54, 1.807) is 18.2 Å². The van der Waals surface area contributed by atoms with Crippen LogP contribution in [0.1, 0.15) is 20.3 Å². The highest BCUT2D eigenvalue weighted by molar-refractivity contribution is 8.00. The second kappa shape index (κ2) is 10.6. The summed E-state index contributed by atoms with van der Waals surface area (Å²) in [6, 6.07) is 5.31. The molecule has 0 saturated carbocycles. The summed E-state index contributed by atoms with van der Waals surface area (Å²) in [5, 5.41) is 4.07. The first-order valence-electron chi connectivity index (χ1n) is 8.83. The lowest BCUT2D eigenvalue weighted by Crippen LogP contribution is -2.46. The summed E-state index contributed by atoms with van der Waals surface area (Å²) in [5.41, 5.74) is 0. The van der Waals surface area contributed by atoms with Crippen LogP contribution in [0.15, 0.2) is 23.1 Å². The summed E-state index contributed by atoms with van der Waals surface area (Å²) in [4.78, 5) is 18.0. The van der Waals surface area contributed by atoms with E-state index in [1.807, 2.05) is 6.92 Å². The molecule has 0 bridgehead atoms. The fourth-order valence-corrected chi connectivity index (χ4v) is 4.23. The predicted molar refractivity (Wildman–Crippen MR) is 108 cm³/mol. The van der Waals surface area contributed by atoms with Crippen molar-refractivity contribution in [3.05, 3.63) is 28.2 Å². The molecule has 25 heavy (non-hydrogen) atoms. The highest BCUT2D eigenvalue weighted by Gasteiger charge is 2.17. The first-order valence-corrected chi connectivity index (χ1v) is 10.5. The zero-order valence-corrected chi connectivity index (χ0v) is 17.3. The van der Waals surface area contributed by atoms with Gasteiger partial charge in [0.1, 0.15) is 0 Å². The van der Waals surface area contributed by atoms with Crippen molar-refractivity contribution in [1.29, 1.82) is 0 Å². The number of piperazine rings is 1. The summed E-state index contributed by atoms with van der Waals surface area (Å²) in [5.74, 6) is 0.0387. The number of benzene rings is 1. The molecule has 0 spiro atoms. The lowest BCUT2D eigenvalue weighted by atomic mass is 10.3. The van der Waals surface area contributed by atoms with E-state index in [0.717, 1.165) is 50.6 Å². The average Bonchev–Trinajstić information content (AvgIpc) is 2.62. The Morgan fingerprint density at radius 2 is 1.92 bits per heavy atom. The Kier molecular flexibility index (Phi) is 8.87. The number of rotatable bonds is 8. The van der Waals surface area contributed by atoms with Crippen molar-refractivity contribution in [1.82, 2.24) is 15.1 Å². The molecular formula is C18H27Cl2N3OS. The fourth-order valence-electron chi connectivity index (χ4n) is 2.80. The summed E-state index contributed by atoms with van der Waals surface area (Å²) in [6.45, 7) is 11.5. The molecule has 1 fully saturated rings. The molecule has 0 unspecified atom stereocenters. The molecule has 1 aromatic carbocycles. The van der Waals surface area contributed by atoms with E-state index in [0.29, 0.717) is 16.6 Å². The SMILES string of the molecule is CCN1CCN(CCCNC(=O)[C@H](C)Sc2cc(Cl)ccc2Cl)CC1. The third-order valence-electron chi connectivity index (χ3n) is 4.43. The van der Waals surface area contributed by atoms with Crippen LogP contribution < -0.4 is 5.32 Å². The minimum absolute atomic E-state index is 0.0387. The van der Waals surface area contributed by atoms with Crippen LogP contribution in [0.3, 0.4) is 0 Å². The molecule has 0 aromatic heterocycles. The van der Waals surface area contributed by atoms with Crippen molar-refractivity contribution < 1.29 is 4.79 Å². The van der Waals surface area contributed by atoms with Gasteiger partial charge in [-0.1, -0.05) is 30.1 Å². The van der Waals surface area contributed by atoms with E-state index in [9.17, 15) is 4.79 Å². The number of nitrogens with zero attached hydrogens (tertiary/aromatic N) is 2. The number of thioether (sulfide) groups is 1. The smallest absolute Gasteiger partial charge is 0.233 e. The molecule has 0 radical (unpaired) electrons. The van der Waals surface area contributed by atoms with Crippen molar-refractivity contribution in [2.75, 3.05) is 45.8 Å². The lowest BCUT2D eigenvalue weighted by Gasteiger charge is -2.34. The van der Waals surface area contributed by atoms with Crippen molar-refractivity contribution in [3.8, 4) is 0 Å². The molecule has 2 rings (SSSR count). The van der Waals surface area contributed by atoms with Gasteiger partial charge in [0.05, 0.1) is 10.3 Å². The van der Waals surface area contributed by atoms with Crippen molar-refractivity contribution in [3.63, 3.8) is 0 Å². The monoisotopic (exact) mass is 403 g/mol. The molecule has 1 N–H and O–H groups in total. The molecule has 1 heterocycles. The summed E-state index contributed by atoms with van der Waals surface area (Å²) in [7, 11) is 0. The van der Waals surface area contributed by atoms with E-state index in [4.69, 9.17) is 23.2 Å². The lowest BCUT2D eigenvalue weighted by molar-refractivity contribution is -0.120. The second-order valence-electron chi connectivity index (χ2n) is 6.26. The minimum atomic E-state index is -0.205. The Labute approximate surface area is 165 Å². The van der Waals surface area contributed by atoms with E-state index in [1.165, 1.54) is 11.8 Å². The fraction of sp³-hybridized carbons (Fsp3) is 0.611. The normalized spacial score (nSPS) is 17.4. The second-order valence-corrected chi connectivity index (χ2v) is 8.48. The number of likely N-dealkylation sites (N-methyl/N-ethyl adjacent to an activating group) is 1. The van der Waals surface area contributed by atoms with Crippen LogP contribution in [0.2, 0.25) is 10.0 Å². The molecule has 1 aliphatic heterocycles. The van der Waals surface area contributed by atoms with Gasteiger partial charge in [-0.05, 0) is 44.6 Å². The van der Waals surface area contributed by atoms with E-state index < -0.39 is 0 Å². The first-order chi connectivity index (χ1) is 12.0. The van der Waals surface area contributed by atoms with Gasteiger partial charge < -0.3 is 15.1 Å². The number of amides is 1. The van der Waals surface area contributed by atoms with Crippen LogP contribution in [-0.2, 0) is 4.79 Å². The Morgan fingerprint density at radius 1 is 1.24 bits per heavy atom. The van der Waals surface area contributed by atoms with E-state index >= 15 is 0 Å². The van der Waals surface area contributed by atoms with Crippen molar-refractivity contribution in [2.45, 2.75) is 30.4 Å². The van der Waals surface area contributed by atoms with Crippen molar-refractivity contribution >= 4 is 40.9 Å². The van der Waals surface area contributed by atoms with Crippen LogP contribution in [-0.4, -0.2) is 66.8 Å². The van der Waals surface area contributed by atoms with Gasteiger partial charge in [-0.15, -0.1) is 11.8 Å². The molecular weight excluding hydrogens is 377 g/mol. The number of carbonyl (C=O) groups is 1. The molecule has 7 heteroatoms. The third-order valence-corrected chi connectivity index (χ3v) is 6.26. The van der Waals surface area contributed by atoms with Crippen LogP contribution in [0.5, 0.6) is 0 Å². The van der Waals surface area contributed by atoms with Gasteiger partial charge in [0.25, 0.3) is 0 Å². The largest absolute Gasteiger partial charge is 0.355 e. The molecule has 0 aliphatic carbocycles. The van der Waals surface area contributed by atoms with Crippen LogP contribution in [0.25, 0.3) is 0 Å². The van der Waals surface area contributed by atoms with Crippen LogP contribution >= 0.6 is 35.0 Å². The molecule has 1 saturated heterocycles. The number of hydrogen-bond donors (Lipinski definition) is 1. The number of hydrogen-bond acceptors (Lipinski definition) is 4. The van der Waals surface area contributed by atoms with Crippen LogP contribution in [0.4, 0.5) is 0 Å². The highest BCUT2D eigenvalue weighted by atomic mass is 35.5. The molecule has 1 aromatic rings. The Balaban J connectivity index is 1.65. The van der Waals surface area contributed by atoms with Gasteiger partial charge >= 0.3 is 0 Å². The maximum Gasteiger partial charge on any atom is 0.233 e. The zero-order valence-electron chi connectivity index (χ0n) is 14.9. The summed E-state index contributed by atoms with van der Waals surface area (Å²) < 4.78 is 0. The highest BCUT2D eigenvalue weighted by Crippen LogP contribution is 2.32. The van der Waals surface area contributed by atoms with Gasteiger partial charge in [-0.3, -0.25) is 4.79 Å². The van der Waals surface area contributed by atoms with Gasteiger partial charge in [0.2, 0.25) is 5.91 Å². The topological polar surface area (TPSA) is 35.6 Å². The Morgan fingerprint density at radius 3 is 2.60 bits per heavy atom. The Hall–Kier alpha value is -0.460. The van der Waals surface area contributed by atoms with Crippen molar-refractivity contribution in [2.24, 2.45) is 0 Å². The molecule has 140 valence electrons. The standard InChI is InChI=1S/C18H27Cl2N3OS/c1-3-22-9-11-23(12-10-22)8-4-7-21-18(24)14(2)25-17-13-15(19)5-6-16(17)20/h5-6,13-14H,3-4,7-12H2,1-2H3,(H,21,24)/t14-/m0/s1. The Bertz CT molecular complexity index is 565. The number of nitrogens with one attached hydrogen (secondary N) is 1. The molecule has 1 atom stereocenters. The zero-order chi connectivity index (χ0) is 18.2. The van der Waals surface area contributed by atoms with Gasteiger partial charge in [0, 0.05) is 42.6 Å². The number of carbonyl (C=O) groups excluding carboxylic acids is 1. The van der Waals surface area contributed by atoms with Crippen LogP contribution in [0, 0.1) is 0 Å². The average molecular weight is 404 g/mol. The van der Waals surface area contributed by atoms with Gasteiger partial charge in [0.15, 0.2) is 0 Å². The summed E-state index contributed by atoms with van der Waals surface area (Å²) in [6.07, 6.45) is 0.979. The van der Waals surface area contributed by atoms with E-state index in [-0.39, 0.29) is 11.2 Å². The quantitative estimate of drug-likeness (QED) is 0.530. The minimum Gasteiger partial charge on any atom is -0.355 e.